The molecule has 0 saturated carbocycles. The molecule has 2 fully saturated rings. The molecule has 29 heavy (non-hydrogen) atoms. The van der Waals surface area contributed by atoms with Gasteiger partial charge in [0, 0.05) is 18.3 Å². The summed E-state index contributed by atoms with van der Waals surface area (Å²) in [5, 5.41) is 0. The topological polar surface area (TPSA) is 66.9 Å². The molecule has 2 aliphatic rings. The standard InChI is InChI=1S/C21H23FN2O4S/c1-2-28-18-9-7-17(8-10-18)24-20-14-29(26,27)13-19(20)23(12-21(24)25)11-15-3-5-16(22)6-4-15/h3-10,19-20H,2,11-14H2,1H3/t19-,20-/m0/s1. The molecule has 2 aliphatic heterocycles. The minimum Gasteiger partial charge on any atom is -0.494 e. The van der Waals surface area contributed by atoms with Crippen LogP contribution in [0.3, 0.4) is 0 Å². The van der Waals surface area contributed by atoms with Gasteiger partial charge in [0.2, 0.25) is 5.91 Å². The van der Waals surface area contributed by atoms with Gasteiger partial charge in [0.05, 0.1) is 30.7 Å². The Morgan fingerprint density at radius 2 is 1.69 bits per heavy atom. The van der Waals surface area contributed by atoms with Crippen molar-refractivity contribution in [3.63, 3.8) is 0 Å². The fourth-order valence-electron chi connectivity index (χ4n) is 4.16. The molecule has 2 saturated heterocycles. The van der Waals surface area contributed by atoms with Crippen LogP contribution in [0.2, 0.25) is 0 Å². The average Bonchev–Trinajstić information content (AvgIpc) is 3.00. The number of halogens is 1. The van der Waals surface area contributed by atoms with Gasteiger partial charge in [-0.25, -0.2) is 12.8 Å². The van der Waals surface area contributed by atoms with E-state index in [9.17, 15) is 17.6 Å². The van der Waals surface area contributed by atoms with E-state index in [1.807, 2.05) is 11.8 Å². The maximum Gasteiger partial charge on any atom is 0.241 e. The van der Waals surface area contributed by atoms with Crippen LogP contribution < -0.4 is 9.64 Å². The van der Waals surface area contributed by atoms with Crippen molar-refractivity contribution in [1.82, 2.24) is 4.90 Å². The van der Waals surface area contributed by atoms with E-state index in [1.54, 1.807) is 41.3 Å². The van der Waals surface area contributed by atoms with E-state index in [4.69, 9.17) is 4.74 Å². The summed E-state index contributed by atoms with van der Waals surface area (Å²) in [5.41, 5.74) is 1.52. The Morgan fingerprint density at radius 1 is 1.03 bits per heavy atom. The van der Waals surface area contributed by atoms with E-state index < -0.39 is 15.9 Å². The Balaban J connectivity index is 1.61. The summed E-state index contributed by atoms with van der Waals surface area (Å²) >= 11 is 0. The number of rotatable bonds is 5. The smallest absolute Gasteiger partial charge is 0.241 e. The van der Waals surface area contributed by atoms with E-state index >= 15 is 0 Å². The molecule has 8 heteroatoms. The van der Waals surface area contributed by atoms with Crippen molar-refractivity contribution in [2.45, 2.75) is 25.6 Å². The van der Waals surface area contributed by atoms with Crippen LogP contribution >= 0.6 is 0 Å². The minimum absolute atomic E-state index is 0.0136. The second-order valence-electron chi connectivity index (χ2n) is 7.43. The average molecular weight is 418 g/mol. The molecule has 2 atom stereocenters. The predicted octanol–water partition coefficient (Wildman–Crippen LogP) is 2.24. The van der Waals surface area contributed by atoms with E-state index in [1.165, 1.54) is 12.1 Å². The lowest BCUT2D eigenvalue weighted by atomic mass is 10.0. The number of nitrogens with zero attached hydrogens (tertiary/aromatic N) is 2. The molecule has 0 aromatic heterocycles. The molecule has 0 bridgehead atoms. The van der Waals surface area contributed by atoms with Gasteiger partial charge in [-0.1, -0.05) is 12.1 Å². The van der Waals surface area contributed by atoms with Gasteiger partial charge < -0.3 is 9.64 Å². The van der Waals surface area contributed by atoms with Crippen molar-refractivity contribution >= 4 is 21.4 Å². The Labute approximate surface area is 169 Å². The molecular formula is C21H23FN2O4S. The first-order valence-corrected chi connectivity index (χ1v) is 11.4. The zero-order valence-electron chi connectivity index (χ0n) is 16.1. The summed E-state index contributed by atoms with van der Waals surface area (Å²) in [6.07, 6.45) is 0. The molecule has 2 aromatic carbocycles. The first-order valence-electron chi connectivity index (χ1n) is 9.60. The first kappa shape index (κ1) is 19.8. The number of piperazine rings is 1. The maximum atomic E-state index is 13.2. The number of amides is 1. The summed E-state index contributed by atoms with van der Waals surface area (Å²) in [7, 11) is -3.26. The number of ether oxygens (including phenoxy) is 1. The zero-order chi connectivity index (χ0) is 20.6. The van der Waals surface area contributed by atoms with E-state index in [-0.39, 0.29) is 35.8 Å². The second kappa shape index (κ2) is 7.76. The Hall–Kier alpha value is -2.45. The lowest BCUT2D eigenvalue weighted by Gasteiger charge is -2.43. The fourth-order valence-corrected chi connectivity index (χ4v) is 6.14. The number of hydrogen-bond donors (Lipinski definition) is 0. The molecule has 0 N–H and O–H groups in total. The number of carbonyl (C=O) groups excluding carboxylic acids is 1. The summed E-state index contributed by atoms with van der Waals surface area (Å²) in [6.45, 7) is 2.95. The molecular weight excluding hydrogens is 395 g/mol. The number of anilines is 1. The minimum atomic E-state index is -3.26. The fraction of sp³-hybridized carbons (Fsp3) is 0.381. The van der Waals surface area contributed by atoms with Crippen molar-refractivity contribution in [3.05, 3.63) is 59.9 Å². The monoisotopic (exact) mass is 418 g/mol. The van der Waals surface area contributed by atoms with Crippen LogP contribution in [0, 0.1) is 5.82 Å². The third kappa shape index (κ3) is 4.13. The SMILES string of the molecule is CCOc1ccc(N2C(=O)CN(Cc3ccc(F)cc3)[C@H]3CS(=O)(=O)C[C@@H]32)cc1. The third-order valence-corrected chi connectivity index (χ3v) is 7.12. The highest BCUT2D eigenvalue weighted by Gasteiger charge is 2.49. The van der Waals surface area contributed by atoms with Crippen molar-refractivity contribution in [1.29, 1.82) is 0 Å². The quantitative estimate of drug-likeness (QED) is 0.745. The molecule has 6 nitrogen and oxygen atoms in total. The van der Waals surface area contributed by atoms with Crippen LogP contribution in [0.4, 0.5) is 10.1 Å². The van der Waals surface area contributed by atoms with Gasteiger partial charge in [-0.15, -0.1) is 0 Å². The lowest BCUT2D eigenvalue weighted by molar-refractivity contribution is -0.123. The van der Waals surface area contributed by atoms with Crippen molar-refractivity contribution in [3.8, 4) is 5.75 Å². The Morgan fingerprint density at radius 3 is 2.34 bits per heavy atom. The van der Waals surface area contributed by atoms with Gasteiger partial charge in [0.1, 0.15) is 11.6 Å². The van der Waals surface area contributed by atoms with Crippen LogP contribution in [0.1, 0.15) is 12.5 Å². The molecule has 4 rings (SSSR count). The van der Waals surface area contributed by atoms with Gasteiger partial charge in [-0.2, -0.15) is 0 Å². The van der Waals surface area contributed by atoms with Crippen molar-refractivity contribution < 1.29 is 22.3 Å². The van der Waals surface area contributed by atoms with Gasteiger partial charge >= 0.3 is 0 Å². The van der Waals surface area contributed by atoms with Crippen LogP contribution in [-0.4, -0.2) is 56.0 Å². The van der Waals surface area contributed by atoms with Crippen LogP contribution in [0.15, 0.2) is 48.5 Å². The Kier molecular flexibility index (Phi) is 5.31. The maximum absolute atomic E-state index is 13.2. The molecule has 0 aliphatic carbocycles. The predicted molar refractivity (Wildman–Crippen MR) is 108 cm³/mol. The lowest BCUT2D eigenvalue weighted by Crippen LogP contribution is -2.61. The number of sulfone groups is 1. The highest BCUT2D eigenvalue weighted by molar-refractivity contribution is 7.91. The van der Waals surface area contributed by atoms with Crippen LogP contribution in [0.5, 0.6) is 5.75 Å². The first-order chi connectivity index (χ1) is 13.9. The molecule has 0 spiro atoms. The van der Waals surface area contributed by atoms with Gasteiger partial charge in [0.25, 0.3) is 0 Å². The number of benzene rings is 2. The normalized spacial score (nSPS) is 23.8. The van der Waals surface area contributed by atoms with Gasteiger partial charge in [0.15, 0.2) is 9.84 Å². The van der Waals surface area contributed by atoms with Crippen LogP contribution in [0.25, 0.3) is 0 Å². The summed E-state index contributed by atoms with van der Waals surface area (Å²) < 4.78 is 43.5. The molecule has 1 amide bonds. The number of carbonyl (C=O) groups is 1. The number of fused-ring (bicyclic) bond motifs is 1. The Bertz CT molecular complexity index is 992. The molecule has 2 aromatic rings. The van der Waals surface area contributed by atoms with Crippen LogP contribution in [-0.2, 0) is 21.2 Å². The van der Waals surface area contributed by atoms with E-state index in [0.29, 0.717) is 24.6 Å². The van der Waals surface area contributed by atoms with E-state index in [2.05, 4.69) is 0 Å². The van der Waals surface area contributed by atoms with E-state index in [0.717, 1.165) is 5.56 Å². The molecule has 0 unspecified atom stereocenters. The molecule has 154 valence electrons. The highest BCUT2D eigenvalue weighted by atomic mass is 32.2. The van der Waals surface area contributed by atoms with Crippen molar-refractivity contribution in [2.75, 3.05) is 29.6 Å². The largest absolute Gasteiger partial charge is 0.494 e. The van der Waals surface area contributed by atoms with Gasteiger partial charge in [-0.3, -0.25) is 9.69 Å². The molecule has 0 radical (unpaired) electrons. The summed E-state index contributed by atoms with van der Waals surface area (Å²) in [5.74, 6) is 0.186. The second-order valence-corrected chi connectivity index (χ2v) is 9.59. The summed E-state index contributed by atoms with van der Waals surface area (Å²) in [4.78, 5) is 16.5. The van der Waals surface area contributed by atoms with Crippen molar-refractivity contribution in [2.24, 2.45) is 0 Å². The third-order valence-electron chi connectivity index (χ3n) is 5.43. The zero-order valence-corrected chi connectivity index (χ0v) is 16.9. The molecule has 2 heterocycles. The van der Waals surface area contributed by atoms with Gasteiger partial charge in [-0.05, 0) is 48.9 Å². The summed E-state index contributed by atoms with van der Waals surface area (Å²) in [6, 6.07) is 12.5. The highest BCUT2D eigenvalue weighted by Crippen LogP contribution is 2.33. The number of hydrogen-bond acceptors (Lipinski definition) is 5.